The molecule has 3 aromatic heterocycles. The quantitative estimate of drug-likeness (QED) is 0.759. The number of fused-ring (bicyclic) bond motifs is 3. The van der Waals surface area contributed by atoms with Crippen LogP contribution in [0.25, 0.3) is 11.2 Å². The van der Waals surface area contributed by atoms with Crippen LogP contribution in [-0.4, -0.2) is 55.1 Å². The van der Waals surface area contributed by atoms with E-state index in [9.17, 15) is 0 Å². The van der Waals surface area contributed by atoms with E-state index in [1.165, 1.54) is 6.42 Å². The molecule has 6 heterocycles. The normalized spacial score (nSPS) is 22.8. The molecule has 0 aliphatic carbocycles. The van der Waals surface area contributed by atoms with Crippen LogP contribution in [0.5, 0.6) is 0 Å². The van der Waals surface area contributed by atoms with Crippen molar-refractivity contribution in [2.75, 3.05) is 22.9 Å². The molecule has 0 amide bonds. The van der Waals surface area contributed by atoms with E-state index in [0.717, 1.165) is 47.4 Å². The lowest BCUT2D eigenvalue weighted by atomic mass is 9.87. The molecule has 122 valence electrons. The van der Waals surface area contributed by atoms with Crippen LogP contribution in [0.3, 0.4) is 0 Å². The molecule has 3 aliphatic rings. The number of nitrogens with zero attached hydrogens (tertiary/aromatic N) is 7. The molecule has 6 rings (SSSR count). The van der Waals surface area contributed by atoms with Crippen LogP contribution in [0.15, 0.2) is 18.7 Å². The largest absolute Gasteiger partial charge is 0.352 e. The highest BCUT2D eigenvalue weighted by Gasteiger charge is 2.46. The van der Waals surface area contributed by atoms with Crippen LogP contribution >= 0.6 is 0 Å². The van der Waals surface area contributed by atoms with E-state index in [0.29, 0.717) is 12.1 Å². The number of hydrogen-bond donors (Lipinski definition) is 1. The van der Waals surface area contributed by atoms with Gasteiger partial charge in [0.25, 0.3) is 0 Å². The second kappa shape index (κ2) is 4.86. The van der Waals surface area contributed by atoms with Crippen molar-refractivity contribution in [3.05, 3.63) is 30.2 Å². The number of piperidine rings is 1. The van der Waals surface area contributed by atoms with Crippen molar-refractivity contribution in [3.63, 3.8) is 0 Å². The summed E-state index contributed by atoms with van der Waals surface area (Å²) >= 11 is 0. The zero-order valence-electron chi connectivity index (χ0n) is 13.6. The summed E-state index contributed by atoms with van der Waals surface area (Å²) < 4.78 is 0. The van der Waals surface area contributed by atoms with E-state index in [-0.39, 0.29) is 0 Å². The molecule has 2 unspecified atom stereocenters. The predicted octanol–water partition coefficient (Wildman–Crippen LogP) is 1.23. The molecule has 1 N–H and O–H groups in total. The van der Waals surface area contributed by atoms with Crippen molar-refractivity contribution in [2.24, 2.45) is 0 Å². The lowest BCUT2D eigenvalue weighted by Crippen LogP contribution is -2.69. The van der Waals surface area contributed by atoms with Gasteiger partial charge in [0.2, 0.25) is 0 Å². The van der Waals surface area contributed by atoms with Crippen molar-refractivity contribution in [1.29, 1.82) is 0 Å². The van der Waals surface area contributed by atoms with Gasteiger partial charge in [0.15, 0.2) is 11.5 Å². The van der Waals surface area contributed by atoms with E-state index in [1.807, 2.05) is 13.8 Å². The summed E-state index contributed by atoms with van der Waals surface area (Å²) in [6.45, 7) is 5.87. The van der Waals surface area contributed by atoms with Crippen molar-refractivity contribution in [3.8, 4) is 0 Å². The molecular weight excluding hydrogens is 304 g/mol. The maximum atomic E-state index is 4.61. The van der Waals surface area contributed by atoms with E-state index in [4.69, 9.17) is 0 Å². The van der Waals surface area contributed by atoms with Gasteiger partial charge in [-0.1, -0.05) is 0 Å². The van der Waals surface area contributed by atoms with Crippen molar-refractivity contribution >= 4 is 22.8 Å². The smallest absolute Gasteiger partial charge is 0.182 e. The SMILES string of the molecule is Cc1cc(N2CC3CC(C2)N3c2ncnc3nc[nH]c23)nc(C)n1. The first kappa shape index (κ1) is 13.6. The Hall–Kier alpha value is -2.77. The number of H-pyrrole nitrogens is 1. The third kappa shape index (κ3) is 1.95. The standard InChI is InChI=1S/C16H18N8/c1-9-3-13(22-10(2)21-9)23-5-11-4-12(6-23)24(11)16-14-15(18-7-17-14)19-8-20-16/h3,7-8,11-12H,4-6H2,1-2H3,(H,17,18,19,20). The minimum atomic E-state index is 0.445. The number of aryl methyl sites for hydroxylation is 2. The Morgan fingerprint density at radius 2 is 1.92 bits per heavy atom. The van der Waals surface area contributed by atoms with Gasteiger partial charge in [-0.15, -0.1) is 0 Å². The van der Waals surface area contributed by atoms with Crippen molar-refractivity contribution < 1.29 is 0 Å². The maximum Gasteiger partial charge on any atom is 0.182 e. The molecular formula is C16H18N8. The zero-order chi connectivity index (χ0) is 16.3. The molecule has 3 saturated heterocycles. The molecule has 24 heavy (non-hydrogen) atoms. The van der Waals surface area contributed by atoms with Gasteiger partial charge in [0, 0.05) is 24.8 Å². The van der Waals surface area contributed by atoms with Crippen LogP contribution in [0.2, 0.25) is 0 Å². The van der Waals surface area contributed by atoms with Crippen LogP contribution in [0, 0.1) is 13.8 Å². The summed E-state index contributed by atoms with van der Waals surface area (Å²) in [5, 5.41) is 0. The second-order valence-corrected chi connectivity index (χ2v) is 6.57. The van der Waals surface area contributed by atoms with Gasteiger partial charge < -0.3 is 14.8 Å². The lowest BCUT2D eigenvalue weighted by Gasteiger charge is -2.57. The van der Waals surface area contributed by atoms with Crippen molar-refractivity contribution in [1.82, 2.24) is 29.9 Å². The Kier molecular flexibility index (Phi) is 2.76. The highest BCUT2D eigenvalue weighted by Crippen LogP contribution is 2.39. The molecule has 3 fully saturated rings. The van der Waals surface area contributed by atoms with E-state index in [1.54, 1.807) is 12.7 Å². The van der Waals surface area contributed by atoms with Gasteiger partial charge in [-0.2, -0.15) is 0 Å². The molecule has 2 atom stereocenters. The number of aromatic amines is 1. The van der Waals surface area contributed by atoms with Crippen molar-refractivity contribution in [2.45, 2.75) is 32.4 Å². The van der Waals surface area contributed by atoms with Gasteiger partial charge >= 0.3 is 0 Å². The van der Waals surface area contributed by atoms with Gasteiger partial charge in [0.05, 0.1) is 18.4 Å². The molecule has 0 saturated carbocycles. The highest BCUT2D eigenvalue weighted by atomic mass is 15.4. The summed E-state index contributed by atoms with van der Waals surface area (Å²) in [5.74, 6) is 2.83. The minimum Gasteiger partial charge on any atom is -0.352 e. The summed E-state index contributed by atoms with van der Waals surface area (Å²) in [6.07, 6.45) is 4.47. The summed E-state index contributed by atoms with van der Waals surface area (Å²) in [5.41, 5.74) is 2.67. The summed E-state index contributed by atoms with van der Waals surface area (Å²) in [7, 11) is 0. The van der Waals surface area contributed by atoms with Crippen LogP contribution in [-0.2, 0) is 0 Å². The lowest BCUT2D eigenvalue weighted by molar-refractivity contribution is 0.288. The fourth-order valence-corrected chi connectivity index (χ4v) is 3.95. The Balaban J connectivity index is 1.44. The number of aromatic nitrogens is 6. The van der Waals surface area contributed by atoms with Gasteiger partial charge in [-0.3, -0.25) is 0 Å². The number of piperazine rings is 1. The molecule has 0 spiro atoms. The molecule has 0 radical (unpaired) electrons. The minimum absolute atomic E-state index is 0.445. The average Bonchev–Trinajstić information content (AvgIpc) is 3.03. The molecule has 0 aromatic carbocycles. The third-order valence-electron chi connectivity index (χ3n) is 4.92. The number of rotatable bonds is 2. The molecule has 3 aliphatic heterocycles. The predicted molar refractivity (Wildman–Crippen MR) is 90.1 cm³/mol. The Bertz CT molecular complexity index is 887. The summed E-state index contributed by atoms with van der Waals surface area (Å²) in [6, 6.07) is 2.96. The fourth-order valence-electron chi connectivity index (χ4n) is 3.95. The fraction of sp³-hybridized carbons (Fsp3) is 0.438. The monoisotopic (exact) mass is 322 g/mol. The summed E-state index contributed by atoms with van der Waals surface area (Å²) in [4.78, 5) is 29.9. The van der Waals surface area contributed by atoms with E-state index < -0.39 is 0 Å². The van der Waals surface area contributed by atoms with E-state index >= 15 is 0 Å². The topological polar surface area (TPSA) is 86.7 Å². The van der Waals surface area contributed by atoms with Gasteiger partial charge in [0.1, 0.15) is 23.5 Å². The molecule has 3 aromatic rings. The Morgan fingerprint density at radius 1 is 1.08 bits per heavy atom. The molecule has 8 heteroatoms. The van der Waals surface area contributed by atoms with Gasteiger partial charge in [-0.05, 0) is 20.3 Å². The van der Waals surface area contributed by atoms with Gasteiger partial charge in [-0.25, -0.2) is 24.9 Å². The Morgan fingerprint density at radius 3 is 2.71 bits per heavy atom. The number of imidazole rings is 1. The van der Waals surface area contributed by atoms with Crippen LogP contribution < -0.4 is 9.80 Å². The third-order valence-corrected chi connectivity index (χ3v) is 4.92. The van der Waals surface area contributed by atoms with Crippen LogP contribution in [0.1, 0.15) is 17.9 Å². The molecule has 2 bridgehead atoms. The highest BCUT2D eigenvalue weighted by molar-refractivity contribution is 5.83. The van der Waals surface area contributed by atoms with E-state index in [2.05, 4.69) is 45.8 Å². The zero-order valence-corrected chi connectivity index (χ0v) is 13.6. The van der Waals surface area contributed by atoms with Crippen LogP contribution in [0.4, 0.5) is 11.6 Å². The number of nitrogens with one attached hydrogen (secondary N) is 1. The first-order valence-electron chi connectivity index (χ1n) is 8.18. The molecule has 8 nitrogen and oxygen atoms in total. The number of hydrogen-bond acceptors (Lipinski definition) is 7. The average molecular weight is 322 g/mol. The first-order chi connectivity index (χ1) is 11.7. The Labute approximate surface area is 139 Å². The first-order valence-corrected chi connectivity index (χ1v) is 8.18. The second-order valence-electron chi connectivity index (χ2n) is 6.57. The maximum absolute atomic E-state index is 4.61. The number of anilines is 2.